The van der Waals surface area contributed by atoms with E-state index < -0.39 is 28.7 Å². The summed E-state index contributed by atoms with van der Waals surface area (Å²) in [6.45, 7) is 5.10. The molecule has 26 heavy (non-hydrogen) atoms. The van der Waals surface area contributed by atoms with Gasteiger partial charge in [0, 0.05) is 0 Å². The maximum atomic E-state index is 11.1. The third-order valence-corrected chi connectivity index (χ3v) is 7.44. The summed E-state index contributed by atoms with van der Waals surface area (Å²) in [5.41, 5.74) is -1.61. The summed E-state index contributed by atoms with van der Waals surface area (Å²) in [6, 6.07) is 0. The lowest BCUT2D eigenvalue weighted by atomic mass is 9.66. The molecule has 146 valence electrons. The minimum absolute atomic E-state index is 0.00904. The van der Waals surface area contributed by atoms with Crippen molar-refractivity contribution in [2.24, 2.45) is 16.7 Å². The summed E-state index contributed by atoms with van der Waals surface area (Å²) in [5.74, 6) is -2.70. The van der Waals surface area contributed by atoms with Gasteiger partial charge in [0.15, 0.2) is 5.75 Å². The zero-order valence-corrected chi connectivity index (χ0v) is 17.8. The molecule has 0 bridgehead atoms. The number of hydrogen-bond acceptors (Lipinski definition) is 3. The molecule has 1 aromatic rings. The molecule has 0 heterocycles. The van der Waals surface area contributed by atoms with Crippen LogP contribution in [0.5, 0.6) is 5.75 Å². The first-order valence-corrected chi connectivity index (χ1v) is 9.25. The van der Waals surface area contributed by atoms with Gasteiger partial charge < -0.3 is 15.3 Å². The normalized spacial score (nSPS) is 23.9. The Balaban J connectivity index is 0.000000263. The highest BCUT2D eigenvalue weighted by atomic mass is 35.5. The van der Waals surface area contributed by atoms with Gasteiger partial charge in [-0.05, 0) is 25.2 Å². The van der Waals surface area contributed by atoms with E-state index in [0.29, 0.717) is 12.8 Å². The molecule has 0 spiro atoms. The summed E-state index contributed by atoms with van der Waals surface area (Å²) in [5, 5.41) is 27.1. The largest absolute Gasteiger partial charge is 0.505 e. The Morgan fingerprint density at radius 1 is 0.885 bits per heavy atom. The van der Waals surface area contributed by atoms with Gasteiger partial charge in [-0.2, -0.15) is 0 Å². The fourth-order valence-corrected chi connectivity index (χ4v) is 4.04. The van der Waals surface area contributed by atoms with Crippen molar-refractivity contribution < 1.29 is 24.9 Å². The smallest absolute Gasteiger partial charge is 0.309 e. The van der Waals surface area contributed by atoms with Crippen molar-refractivity contribution in [3.8, 4) is 5.75 Å². The van der Waals surface area contributed by atoms with Gasteiger partial charge in [-0.1, -0.05) is 71.9 Å². The van der Waals surface area contributed by atoms with Crippen LogP contribution in [0.25, 0.3) is 0 Å². The van der Waals surface area contributed by atoms with Crippen LogP contribution in [-0.2, 0) is 9.59 Å². The molecule has 1 fully saturated rings. The molecule has 1 saturated carbocycles. The third kappa shape index (κ3) is 3.97. The molecular weight excluding hydrogens is 449 g/mol. The molecule has 5 nitrogen and oxygen atoms in total. The van der Waals surface area contributed by atoms with Crippen LogP contribution < -0.4 is 0 Å². The van der Waals surface area contributed by atoms with E-state index in [4.69, 9.17) is 68.2 Å². The number of aliphatic carboxylic acids is 2. The van der Waals surface area contributed by atoms with E-state index in [9.17, 15) is 14.7 Å². The number of aromatic hydroxyl groups is 1. The van der Waals surface area contributed by atoms with Crippen molar-refractivity contribution in [1.29, 1.82) is 0 Å². The fraction of sp³-hybridized carbons (Fsp3) is 0.500. The topological polar surface area (TPSA) is 94.8 Å². The third-order valence-electron chi connectivity index (χ3n) is 5.18. The number of carboxylic acids is 2. The number of carbonyl (C=O) groups is 2. The zero-order valence-electron chi connectivity index (χ0n) is 14.0. The summed E-state index contributed by atoms with van der Waals surface area (Å²) in [4.78, 5) is 22.0. The second kappa shape index (κ2) is 8.19. The summed E-state index contributed by atoms with van der Waals surface area (Å²) in [7, 11) is 0. The van der Waals surface area contributed by atoms with Gasteiger partial charge in [0.05, 0.1) is 26.4 Å². The summed E-state index contributed by atoms with van der Waals surface area (Å²) in [6.07, 6.45) is 0.886. The first-order chi connectivity index (χ1) is 11.7. The van der Waals surface area contributed by atoms with Crippen molar-refractivity contribution >= 4 is 69.9 Å². The Kier molecular flexibility index (Phi) is 7.39. The molecule has 0 radical (unpaired) electrons. The Morgan fingerprint density at radius 3 is 1.54 bits per heavy atom. The molecule has 2 atom stereocenters. The molecule has 2 unspecified atom stereocenters. The minimum Gasteiger partial charge on any atom is -0.505 e. The van der Waals surface area contributed by atoms with E-state index in [2.05, 4.69) is 0 Å². The van der Waals surface area contributed by atoms with E-state index in [1.807, 2.05) is 0 Å². The lowest BCUT2D eigenvalue weighted by molar-refractivity contribution is -0.157. The first kappa shape index (κ1) is 23.4. The van der Waals surface area contributed by atoms with Crippen molar-refractivity contribution in [1.82, 2.24) is 0 Å². The standard InChI is InChI=1S/C10H16O4.C6HCl5O/c1-9(2)6(7(11)12)4-5-10(9,3)8(13)14;7-1-2(8)4(10)6(12)5(11)3(1)9/h6H,4-5H2,1-3H3,(H,11,12)(H,13,14);12H. The minimum atomic E-state index is -0.921. The van der Waals surface area contributed by atoms with Crippen LogP contribution in [0.2, 0.25) is 25.1 Å². The van der Waals surface area contributed by atoms with Crippen LogP contribution in [0.4, 0.5) is 0 Å². The van der Waals surface area contributed by atoms with Gasteiger partial charge in [-0.15, -0.1) is 0 Å². The van der Waals surface area contributed by atoms with Gasteiger partial charge in [0.25, 0.3) is 0 Å². The second-order valence-electron chi connectivity index (χ2n) is 6.71. The molecule has 0 amide bonds. The van der Waals surface area contributed by atoms with Crippen LogP contribution in [-0.4, -0.2) is 27.3 Å². The molecule has 3 N–H and O–H groups in total. The molecule has 1 aromatic carbocycles. The van der Waals surface area contributed by atoms with Crippen LogP contribution >= 0.6 is 58.0 Å². The molecule has 10 heteroatoms. The van der Waals surface area contributed by atoms with Gasteiger partial charge in [-0.25, -0.2) is 0 Å². The van der Waals surface area contributed by atoms with Crippen molar-refractivity contribution in [2.45, 2.75) is 33.6 Å². The van der Waals surface area contributed by atoms with Crippen molar-refractivity contribution in [3.63, 3.8) is 0 Å². The van der Waals surface area contributed by atoms with E-state index in [1.54, 1.807) is 20.8 Å². The second-order valence-corrected chi connectivity index (χ2v) is 8.60. The number of halogens is 5. The van der Waals surface area contributed by atoms with Gasteiger partial charge in [0.2, 0.25) is 0 Å². The number of benzene rings is 1. The van der Waals surface area contributed by atoms with Crippen LogP contribution in [0.15, 0.2) is 0 Å². The number of hydrogen-bond donors (Lipinski definition) is 3. The Labute approximate surface area is 175 Å². The van der Waals surface area contributed by atoms with E-state index in [-0.39, 0.29) is 30.9 Å². The number of phenolic OH excluding ortho intramolecular Hbond substituents is 1. The lowest BCUT2D eigenvalue weighted by Crippen LogP contribution is -2.42. The van der Waals surface area contributed by atoms with Crippen LogP contribution in [0.1, 0.15) is 33.6 Å². The molecule has 1 aliphatic rings. The maximum Gasteiger partial charge on any atom is 0.309 e. The molecule has 0 saturated heterocycles. The fourth-order valence-electron chi connectivity index (χ4n) is 2.91. The van der Waals surface area contributed by atoms with Gasteiger partial charge in [-0.3, -0.25) is 9.59 Å². The average Bonchev–Trinajstić information content (AvgIpc) is 2.81. The van der Waals surface area contributed by atoms with Crippen molar-refractivity contribution in [2.75, 3.05) is 0 Å². The summed E-state index contributed by atoms with van der Waals surface area (Å²) < 4.78 is 0. The summed E-state index contributed by atoms with van der Waals surface area (Å²) >= 11 is 27.9. The SMILES string of the molecule is CC1(C(=O)O)CCC(C(=O)O)C1(C)C.Oc1c(Cl)c(Cl)c(Cl)c(Cl)c1Cl. The predicted octanol–water partition coefficient (Wildman–Crippen LogP) is 6.26. The highest BCUT2D eigenvalue weighted by molar-refractivity contribution is 6.55. The molecule has 1 aliphatic carbocycles. The number of rotatable bonds is 2. The molecular formula is C16H17Cl5O5. The van der Waals surface area contributed by atoms with E-state index >= 15 is 0 Å². The monoisotopic (exact) mass is 464 g/mol. The van der Waals surface area contributed by atoms with Crippen LogP contribution in [0, 0.1) is 16.7 Å². The van der Waals surface area contributed by atoms with E-state index in [0.717, 1.165) is 0 Å². The van der Waals surface area contributed by atoms with Gasteiger partial charge in [0.1, 0.15) is 10.0 Å². The quantitative estimate of drug-likeness (QED) is 0.353. The predicted molar refractivity (Wildman–Crippen MR) is 103 cm³/mol. The number of phenols is 1. The Hall–Kier alpha value is -0.590. The zero-order chi connectivity index (χ0) is 20.6. The first-order valence-electron chi connectivity index (χ1n) is 7.36. The number of carboxylic acid groups (broad SMARTS) is 2. The molecule has 2 rings (SSSR count). The highest BCUT2D eigenvalue weighted by Gasteiger charge is 2.58. The van der Waals surface area contributed by atoms with Gasteiger partial charge >= 0.3 is 11.9 Å². The molecule has 0 aromatic heterocycles. The average molecular weight is 467 g/mol. The Bertz CT molecular complexity index is 644. The van der Waals surface area contributed by atoms with E-state index in [1.165, 1.54) is 0 Å². The lowest BCUT2D eigenvalue weighted by Gasteiger charge is -2.36. The maximum absolute atomic E-state index is 11.1. The highest BCUT2D eigenvalue weighted by Crippen LogP contribution is 2.56. The Morgan fingerprint density at radius 2 is 1.27 bits per heavy atom. The van der Waals surface area contributed by atoms with Crippen molar-refractivity contribution in [3.05, 3.63) is 25.1 Å². The molecule has 0 aliphatic heterocycles. The van der Waals surface area contributed by atoms with Crippen LogP contribution in [0.3, 0.4) is 0 Å².